The van der Waals surface area contributed by atoms with Crippen LogP contribution < -0.4 is 0 Å². The Balaban J connectivity index is 1.73. The van der Waals surface area contributed by atoms with E-state index in [2.05, 4.69) is 97.1 Å². The molecule has 0 N–H and O–H groups in total. The monoisotopic (exact) mass is 310 g/mol. The molecule has 24 heavy (non-hydrogen) atoms. The van der Waals surface area contributed by atoms with Gasteiger partial charge in [-0.05, 0) is 41.0 Å². The quantitative estimate of drug-likeness (QED) is 0.523. The van der Waals surface area contributed by atoms with E-state index in [1.807, 2.05) is 0 Å². The van der Waals surface area contributed by atoms with Gasteiger partial charge in [-0.15, -0.1) is 0 Å². The first-order valence-electron chi connectivity index (χ1n) is 8.76. The number of hydrogen-bond acceptors (Lipinski definition) is 0. The molecule has 0 radical (unpaired) electrons. The van der Waals surface area contributed by atoms with Crippen molar-refractivity contribution in [3.63, 3.8) is 0 Å². The normalized spacial score (nSPS) is 20.4. The van der Waals surface area contributed by atoms with Crippen molar-refractivity contribution in [2.45, 2.75) is 24.7 Å². The molecule has 0 nitrogen and oxygen atoms in total. The van der Waals surface area contributed by atoms with Crippen molar-refractivity contribution < 1.29 is 0 Å². The van der Waals surface area contributed by atoms with E-state index in [4.69, 9.17) is 0 Å². The van der Waals surface area contributed by atoms with Crippen molar-refractivity contribution in [2.24, 2.45) is 0 Å². The lowest BCUT2D eigenvalue weighted by molar-refractivity contribution is 0.576. The molecule has 0 aromatic heterocycles. The van der Waals surface area contributed by atoms with Crippen LogP contribution in [0.1, 0.15) is 41.4 Å². The van der Waals surface area contributed by atoms with Crippen molar-refractivity contribution in [3.8, 4) is 0 Å². The molecule has 0 amide bonds. The molecule has 0 heterocycles. The third kappa shape index (κ3) is 3.19. The topological polar surface area (TPSA) is 0 Å². The smallest absolute Gasteiger partial charge is 0.00299 e. The second-order valence-electron chi connectivity index (χ2n) is 6.62. The Labute approximate surface area is 144 Å². The van der Waals surface area contributed by atoms with Crippen LogP contribution in [0.4, 0.5) is 0 Å². The largest absolute Gasteiger partial charge is 0.0732 e. The van der Waals surface area contributed by atoms with Gasteiger partial charge in [-0.1, -0.05) is 97.1 Å². The fourth-order valence-corrected chi connectivity index (χ4v) is 3.81. The maximum absolute atomic E-state index is 2.49. The molecule has 1 aliphatic carbocycles. The summed E-state index contributed by atoms with van der Waals surface area (Å²) in [5.41, 5.74) is 5.72. The maximum Gasteiger partial charge on any atom is 0.00299 e. The molecule has 1 aliphatic rings. The van der Waals surface area contributed by atoms with E-state index in [0.29, 0.717) is 11.8 Å². The summed E-state index contributed by atoms with van der Waals surface area (Å²) in [6, 6.07) is 32.8. The van der Waals surface area contributed by atoms with Gasteiger partial charge in [0.05, 0.1) is 0 Å². The van der Waals surface area contributed by atoms with Crippen molar-refractivity contribution >= 4 is 5.57 Å². The Hall–Kier alpha value is -2.60. The molecule has 0 bridgehead atoms. The molecule has 0 aliphatic heterocycles. The van der Waals surface area contributed by atoms with Crippen LogP contribution in [-0.2, 0) is 0 Å². The third-order valence-corrected chi connectivity index (χ3v) is 5.05. The highest BCUT2D eigenvalue weighted by Gasteiger charge is 2.25. The van der Waals surface area contributed by atoms with E-state index in [9.17, 15) is 0 Å². The average molecular weight is 310 g/mol. The van der Waals surface area contributed by atoms with E-state index >= 15 is 0 Å². The van der Waals surface area contributed by atoms with Crippen LogP contribution in [0.25, 0.3) is 5.57 Å². The average Bonchev–Trinajstić information content (AvgIpc) is 2.70. The molecular weight excluding hydrogens is 288 g/mol. The Bertz CT molecular complexity index is 800. The van der Waals surface area contributed by atoms with Gasteiger partial charge in [0.25, 0.3) is 0 Å². The Kier molecular flexibility index (Phi) is 4.29. The second-order valence-corrected chi connectivity index (χ2v) is 6.62. The zero-order chi connectivity index (χ0) is 16.2. The first-order valence-corrected chi connectivity index (χ1v) is 8.76. The Morgan fingerprint density at radius 2 is 1.12 bits per heavy atom. The summed E-state index contributed by atoms with van der Waals surface area (Å²) < 4.78 is 0. The van der Waals surface area contributed by atoms with Gasteiger partial charge in [0, 0.05) is 5.92 Å². The molecule has 118 valence electrons. The van der Waals surface area contributed by atoms with Gasteiger partial charge in [0.15, 0.2) is 0 Å². The minimum atomic E-state index is 0.486. The minimum absolute atomic E-state index is 0.486. The zero-order valence-corrected chi connectivity index (χ0v) is 13.8. The lowest BCUT2D eigenvalue weighted by Crippen LogP contribution is -2.12. The van der Waals surface area contributed by atoms with Crippen molar-refractivity contribution in [3.05, 3.63) is 114 Å². The van der Waals surface area contributed by atoms with Gasteiger partial charge in [-0.25, -0.2) is 0 Å². The predicted molar refractivity (Wildman–Crippen MR) is 102 cm³/mol. The first-order chi connectivity index (χ1) is 11.9. The lowest BCUT2D eigenvalue weighted by atomic mass is 9.75. The van der Waals surface area contributed by atoms with Gasteiger partial charge < -0.3 is 0 Å². The first kappa shape index (κ1) is 15.0. The summed E-state index contributed by atoms with van der Waals surface area (Å²) in [6.07, 6.45) is 4.80. The summed E-state index contributed by atoms with van der Waals surface area (Å²) >= 11 is 0. The molecule has 0 saturated heterocycles. The highest BCUT2D eigenvalue weighted by molar-refractivity contribution is 5.68. The molecule has 2 atom stereocenters. The van der Waals surface area contributed by atoms with E-state index in [1.165, 1.54) is 28.7 Å². The molecule has 0 fully saturated rings. The summed E-state index contributed by atoms with van der Waals surface area (Å²) in [5.74, 6) is 1.07. The highest BCUT2D eigenvalue weighted by atomic mass is 14.3. The van der Waals surface area contributed by atoms with Crippen molar-refractivity contribution in [1.29, 1.82) is 0 Å². The standard InChI is InChI=1S/C24H22/c1-4-10-19(11-5-1)22-16-23(20-12-6-2-7-13-20)18-24(17-22)21-14-8-3-9-15-21/h1-16,22,24H,17-18H2. The highest BCUT2D eigenvalue weighted by Crippen LogP contribution is 2.43. The van der Waals surface area contributed by atoms with Gasteiger partial charge >= 0.3 is 0 Å². The van der Waals surface area contributed by atoms with Crippen LogP contribution in [0.2, 0.25) is 0 Å². The summed E-state index contributed by atoms with van der Waals surface area (Å²) in [6.45, 7) is 0. The van der Waals surface area contributed by atoms with Crippen LogP contribution in [-0.4, -0.2) is 0 Å². The van der Waals surface area contributed by atoms with E-state index in [-0.39, 0.29) is 0 Å². The molecule has 4 rings (SSSR count). The second kappa shape index (κ2) is 6.88. The summed E-state index contributed by atoms with van der Waals surface area (Å²) in [5, 5.41) is 0. The predicted octanol–water partition coefficient (Wildman–Crippen LogP) is 6.43. The fourth-order valence-electron chi connectivity index (χ4n) is 3.81. The van der Waals surface area contributed by atoms with Crippen LogP contribution in [0, 0.1) is 0 Å². The third-order valence-electron chi connectivity index (χ3n) is 5.05. The van der Waals surface area contributed by atoms with Crippen molar-refractivity contribution in [2.75, 3.05) is 0 Å². The molecule has 3 aromatic carbocycles. The van der Waals surface area contributed by atoms with E-state index in [0.717, 1.165) is 6.42 Å². The maximum atomic E-state index is 2.49. The Morgan fingerprint density at radius 1 is 0.583 bits per heavy atom. The van der Waals surface area contributed by atoms with E-state index < -0.39 is 0 Å². The van der Waals surface area contributed by atoms with Crippen LogP contribution in [0.5, 0.6) is 0 Å². The van der Waals surface area contributed by atoms with E-state index in [1.54, 1.807) is 0 Å². The lowest BCUT2D eigenvalue weighted by Gasteiger charge is -2.29. The fraction of sp³-hybridized carbons (Fsp3) is 0.167. The number of benzene rings is 3. The zero-order valence-electron chi connectivity index (χ0n) is 13.8. The van der Waals surface area contributed by atoms with Gasteiger partial charge in [-0.3, -0.25) is 0 Å². The van der Waals surface area contributed by atoms with Crippen LogP contribution in [0.3, 0.4) is 0 Å². The van der Waals surface area contributed by atoms with Crippen LogP contribution in [0.15, 0.2) is 97.1 Å². The number of allylic oxidation sites excluding steroid dienone is 2. The molecular formula is C24H22. The van der Waals surface area contributed by atoms with Crippen molar-refractivity contribution in [1.82, 2.24) is 0 Å². The van der Waals surface area contributed by atoms with Gasteiger partial charge in [0.2, 0.25) is 0 Å². The summed E-state index contributed by atoms with van der Waals surface area (Å²) in [4.78, 5) is 0. The number of rotatable bonds is 3. The molecule has 0 saturated carbocycles. The molecule has 0 heteroatoms. The van der Waals surface area contributed by atoms with Gasteiger partial charge in [0.1, 0.15) is 0 Å². The summed E-state index contributed by atoms with van der Waals surface area (Å²) in [7, 11) is 0. The Morgan fingerprint density at radius 3 is 1.75 bits per heavy atom. The number of hydrogen-bond donors (Lipinski definition) is 0. The molecule has 2 unspecified atom stereocenters. The van der Waals surface area contributed by atoms with Gasteiger partial charge in [-0.2, -0.15) is 0 Å². The van der Waals surface area contributed by atoms with Crippen LogP contribution >= 0.6 is 0 Å². The minimum Gasteiger partial charge on any atom is -0.0732 e. The SMILES string of the molecule is C1=C(c2ccccc2)CC(c2ccccc2)CC1c1ccccc1. The molecule has 3 aromatic rings. The molecule has 0 spiro atoms.